The third-order valence-corrected chi connectivity index (χ3v) is 13.2. The molecule has 0 saturated carbocycles. The van der Waals surface area contributed by atoms with Gasteiger partial charge in [0.2, 0.25) is 0 Å². The van der Waals surface area contributed by atoms with Crippen molar-refractivity contribution in [3.8, 4) is 0 Å². The molecule has 10 rings (SSSR count). The molecule has 54 heavy (non-hydrogen) atoms. The van der Waals surface area contributed by atoms with Crippen LogP contribution in [0.2, 0.25) is 0 Å². The Labute approximate surface area is 319 Å². The normalized spacial score (nSPS) is 12.4. The summed E-state index contributed by atoms with van der Waals surface area (Å²) in [6.45, 7) is 6.91. The standard InChI is InChI=1S/2C26H23P/c1-27(2,3)17-18-16-25-22-13-6-5-11-20(22)21-12-7-9-15-24(21)26(25)23-14-8-4-10-19(18)23;1-27(2,3)17-25-19-11-5-4-10-18(19)16-24-22-14-7-6-12-20(22)21-13-8-9-15-23(21)26(24)25/h2*4-16H,1,17H2,2-3H3. The monoisotopic (exact) mass is 732 g/mol. The van der Waals surface area contributed by atoms with E-state index >= 15 is 0 Å². The third kappa shape index (κ3) is 6.13. The third-order valence-electron chi connectivity index (χ3n) is 10.9. The van der Waals surface area contributed by atoms with Gasteiger partial charge in [-0.25, -0.2) is 0 Å². The highest BCUT2D eigenvalue weighted by molar-refractivity contribution is 7.71. The average Bonchev–Trinajstić information content (AvgIpc) is 3.17. The summed E-state index contributed by atoms with van der Waals surface area (Å²) >= 11 is 0. The maximum Gasteiger partial charge on any atom is -0.00202 e. The number of rotatable bonds is 4. The predicted octanol–water partition coefficient (Wildman–Crippen LogP) is 15.0. The minimum absolute atomic E-state index is 1.06. The largest absolute Gasteiger partial charge is 0.114 e. The first-order chi connectivity index (χ1) is 26.1. The molecule has 0 aromatic heterocycles. The van der Waals surface area contributed by atoms with E-state index in [1.165, 1.54) is 97.3 Å². The molecule has 10 aromatic carbocycles. The van der Waals surface area contributed by atoms with Gasteiger partial charge in [0.15, 0.2) is 0 Å². The van der Waals surface area contributed by atoms with Crippen LogP contribution in [0.3, 0.4) is 0 Å². The van der Waals surface area contributed by atoms with Gasteiger partial charge in [-0.1, -0.05) is 146 Å². The molecule has 0 spiro atoms. The highest BCUT2D eigenvalue weighted by Crippen LogP contribution is 2.48. The fourth-order valence-electron chi connectivity index (χ4n) is 8.86. The van der Waals surface area contributed by atoms with Crippen molar-refractivity contribution >= 4 is 113 Å². The summed E-state index contributed by atoms with van der Waals surface area (Å²) in [5.74, 6) is 0. The molecule has 10 aromatic rings. The molecule has 0 amide bonds. The van der Waals surface area contributed by atoms with Gasteiger partial charge in [0.25, 0.3) is 0 Å². The van der Waals surface area contributed by atoms with Crippen molar-refractivity contribution in [3.05, 3.63) is 169 Å². The van der Waals surface area contributed by atoms with Crippen LogP contribution < -0.4 is 0 Å². The van der Waals surface area contributed by atoms with Crippen LogP contribution in [0, 0.1) is 0 Å². The Balaban J connectivity index is 0.000000142. The van der Waals surface area contributed by atoms with E-state index in [1.54, 1.807) is 0 Å². The van der Waals surface area contributed by atoms with Gasteiger partial charge in [0, 0.05) is 0 Å². The quantitative estimate of drug-likeness (QED) is 0.0960. The van der Waals surface area contributed by atoms with E-state index in [1.807, 2.05) is 0 Å². The predicted molar refractivity (Wildman–Crippen MR) is 252 cm³/mol. The topological polar surface area (TPSA) is 0 Å². The van der Waals surface area contributed by atoms with Crippen molar-refractivity contribution in [1.29, 1.82) is 0 Å². The van der Waals surface area contributed by atoms with Gasteiger partial charge in [-0.05, 0) is 148 Å². The second-order valence-corrected chi connectivity index (χ2v) is 24.7. The Morgan fingerprint density at radius 1 is 0.333 bits per heavy atom. The summed E-state index contributed by atoms with van der Waals surface area (Å²) in [6.07, 6.45) is 11.1. The molecule has 0 aliphatic rings. The van der Waals surface area contributed by atoms with Gasteiger partial charge in [0.1, 0.15) is 0 Å². The first-order valence-electron chi connectivity index (χ1n) is 18.9. The van der Waals surface area contributed by atoms with E-state index in [0.29, 0.717) is 0 Å². The Morgan fingerprint density at radius 3 is 1.15 bits per heavy atom. The van der Waals surface area contributed by atoms with E-state index in [9.17, 15) is 0 Å². The molecule has 2 heteroatoms. The lowest BCUT2D eigenvalue weighted by Crippen LogP contribution is -1.94. The summed E-state index contributed by atoms with van der Waals surface area (Å²) in [4.78, 5) is 0. The first-order valence-corrected chi connectivity index (χ1v) is 25.0. The van der Waals surface area contributed by atoms with Crippen molar-refractivity contribution in [2.45, 2.75) is 12.3 Å². The Hall–Kier alpha value is -5.12. The number of hydrogen-bond acceptors (Lipinski definition) is 0. The van der Waals surface area contributed by atoms with Gasteiger partial charge in [-0.2, -0.15) is 0 Å². The van der Waals surface area contributed by atoms with E-state index in [4.69, 9.17) is 0 Å². The molecule has 0 radical (unpaired) electrons. The molecule has 0 aliphatic heterocycles. The zero-order valence-electron chi connectivity index (χ0n) is 31.7. The van der Waals surface area contributed by atoms with Gasteiger partial charge in [-0.15, -0.1) is 26.4 Å². The maximum absolute atomic E-state index is 4.53. The molecule has 0 heterocycles. The molecule has 0 unspecified atom stereocenters. The number of hydrogen-bond donors (Lipinski definition) is 0. The fourth-order valence-corrected chi connectivity index (χ4v) is 11.2. The van der Waals surface area contributed by atoms with Crippen LogP contribution in [0.4, 0.5) is 0 Å². The minimum atomic E-state index is -1.23. The van der Waals surface area contributed by atoms with Crippen molar-refractivity contribution < 1.29 is 0 Å². The highest BCUT2D eigenvalue weighted by Gasteiger charge is 2.17. The van der Waals surface area contributed by atoms with E-state index in [-0.39, 0.29) is 0 Å². The van der Waals surface area contributed by atoms with Crippen molar-refractivity contribution in [2.75, 3.05) is 26.7 Å². The van der Waals surface area contributed by atoms with Crippen molar-refractivity contribution in [3.63, 3.8) is 0 Å². The lowest BCUT2D eigenvalue weighted by atomic mass is 9.89. The van der Waals surface area contributed by atoms with E-state index < -0.39 is 13.8 Å². The molecule has 0 saturated heterocycles. The van der Waals surface area contributed by atoms with Crippen LogP contribution >= 0.6 is 13.8 Å². The molecular weight excluding hydrogens is 687 g/mol. The molecule has 0 bridgehead atoms. The fraction of sp³-hybridized carbons (Fsp3) is 0.115. The van der Waals surface area contributed by atoms with E-state index in [0.717, 1.165) is 12.3 Å². The lowest BCUT2D eigenvalue weighted by molar-refractivity contribution is 1.46. The maximum atomic E-state index is 4.53. The minimum Gasteiger partial charge on any atom is -0.114 e. The van der Waals surface area contributed by atoms with Gasteiger partial charge in [-0.3, -0.25) is 0 Å². The highest BCUT2D eigenvalue weighted by atomic mass is 31.2. The number of fused-ring (bicyclic) bond motifs is 15. The zero-order chi connectivity index (χ0) is 37.2. The molecule has 0 nitrogen and oxygen atoms in total. The summed E-state index contributed by atoms with van der Waals surface area (Å²) in [6, 6.07) is 57.9. The number of benzene rings is 10. The second-order valence-electron chi connectivity index (χ2n) is 16.4. The van der Waals surface area contributed by atoms with Crippen LogP contribution in [0.1, 0.15) is 11.1 Å². The van der Waals surface area contributed by atoms with Crippen molar-refractivity contribution in [1.82, 2.24) is 0 Å². The Bertz CT molecular complexity index is 3160. The molecule has 0 aliphatic carbocycles. The summed E-state index contributed by atoms with van der Waals surface area (Å²) < 4.78 is 0. The van der Waals surface area contributed by atoms with Crippen LogP contribution in [0.15, 0.2) is 158 Å². The van der Waals surface area contributed by atoms with Crippen LogP contribution in [0.25, 0.3) is 86.2 Å². The zero-order valence-corrected chi connectivity index (χ0v) is 33.5. The Kier molecular flexibility index (Phi) is 8.54. The van der Waals surface area contributed by atoms with Gasteiger partial charge in [0.05, 0.1) is 0 Å². The van der Waals surface area contributed by atoms with Crippen LogP contribution in [-0.2, 0) is 12.3 Å². The second kappa shape index (κ2) is 13.3. The molecule has 0 fully saturated rings. The van der Waals surface area contributed by atoms with Crippen LogP contribution in [0.5, 0.6) is 0 Å². The summed E-state index contributed by atoms with van der Waals surface area (Å²) in [7, 11) is 0. The SMILES string of the molecule is C=P(C)(C)Cc1c2ccccc2cc2c3ccccc3c3ccccc3c12.C=P(C)(C)Cc1cc2c3ccccc3c3ccccc3c2c2ccccc12. The summed E-state index contributed by atoms with van der Waals surface area (Å²) in [5.41, 5.74) is 2.91. The van der Waals surface area contributed by atoms with Crippen molar-refractivity contribution in [2.24, 2.45) is 0 Å². The van der Waals surface area contributed by atoms with Gasteiger partial charge < -0.3 is 0 Å². The molecule has 0 atom stereocenters. The van der Waals surface area contributed by atoms with Crippen LogP contribution in [-0.4, -0.2) is 39.3 Å². The Morgan fingerprint density at radius 2 is 0.667 bits per heavy atom. The average molecular weight is 733 g/mol. The molecule has 0 N–H and O–H groups in total. The van der Waals surface area contributed by atoms with Gasteiger partial charge >= 0.3 is 0 Å². The lowest BCUT2D eigenvalue weighted by Gasteiger charge is -2.20. The smallest absolute Gasteiger partial charge is 0.00202 e. The molecule has 264 valence electrons. The summed E-state index contributed by atoms with van der Waals surface area (Å²) in [5, 5.41) is 21.7. The van der Waals surface area contributed by atoms with E-state index in [2.05, 4.69) is 197 Å². The molecular formula is C52H46P2. The first kappa shape index (κ1) is 34.6.